The summed E-state index contributed by atoms with van der Waals surface area (Å²) >= 11 is 0. The first-order chi connectivity index (χ1) is 20.3. The van der Waals surface area contributed by atoms with E-state index in [9.17, 15) is 22.4 Å². The molecule has 2 atom stereocenters. The molecule has 2 heterocycles. The largest absolute Gasteiger partial charge is 0.444 e. The molecular formula is C31H40FN5O5S. The van der Waals surface area contributed by atoms with Crippen molar-refractivity contribution in [1.82, 2.24) is 24.9 Å². The molecule has 232 valence electrons. The molecule has 2 fully saturated rings. The number of fused-ring (bicyclic) bond motifs is 1. The third kappa shape index (κ3) is 7.35. The molecule has 1 aromatic heterocycles. The number of carbonyl (C=O) groups is 2. The van der Waals surface area contributed by atoms with Crippen molar-refractivity contribution in [2.24, 2.45) is 5.92 Å². The number of likely N-dealkylation sites (tertiary alicyclic amines) is 1. The van der Waals surface area contributed by atoms with Crippen molar-refractivity contribution in [2.75, 3.05) is 6.54 Å². The highest BCUT2D eigenvalue weighted by atomic mass is 32.2. The second kappa shape index (κ2) is 12.2. The smallest absolute Gasteiger partial charge is 0.410 e. The highest BCUT2D eigenvalue weighted by Gasteiger charge is 2.35. The molecule has 2 unspecified atom stereocenters. The van der Waals surface area contributed by atoms with Crippen molar-refractivity contribution in [3.05, 3.63) is 59.7 Å². The SMILES string of the molecule is CC(NC(=O)C1CCC(NS(=O)(=O)c2ccc3[nH]c(C4CCCN4C(=O)OC(C)(C)C)nc3c2)CC1)c1ccc(F)cc1. The van der Waals surface area contributed by atoms with Gasteiger partial charge >= 0.3 is 6.09 Å². The normalized spacial score (nSPS) is 22.0. The van der Waals surface area contributed by atoms with Crippen LogP contribution in [0.5, 0.6) is 0 Å². The summed E-state index contributed by atoms with van der Waals surface area (Å²) < 4.78 is 48.2. The van der Waals surface area contributed by atoms with Crippen LogP contribution in [0.4, 0.5) is 9.18 Å². The molecule has 2 aliphatic rings. The van der Waals surface area contributed by atoms with Gasteiger partial charge in [-0.2, -0.15) is 0 Å². The Hall–Kier alpha value is -3.51. The molecule has 0 radical (unpaired) electrons. The van der Waals surface area contributed by atoms with Crippen LogP contribution < -0.4 is 10.0 Å². The lowest BCUT2D eigenvalue weighted by Crippen LogP contribution is -2.41. The van der Waals surface area contributed by atoms with Crippen molar-refractivity contribution >= 4 is 33.1 Å². The summed E-state index contributed by atoms with van der Waals surface area (Å²) in [6.07, 6.45) is 3.37. The van der Waals surface area contributed by atoms with E-state index in [4.69, 9.17) is 4.74 Å². The van der Waals surface area contributed by atoms with Crippen molar-refractivity contribution in [1.29, 1.82) is 0 Å². The fourth-order valence-corrected chi connectivity index (χ4v) is 7.17. The van der Waals surface area contributed by atoms with Gasteiger partial charge < -0.3 is 15.0 Å². The minimum atomic E-state index is -3.82. The van der Waals surface area contributed by atoms with E-state index in [1.165, 1.54) is 12.1 Å². The van der Waals surface area contributed by atoms with Crippen molar-refractivity contribution < 1.29 is 27.1 Å². The molecule has 1 saturated carbocycles. The third-order valence-electron chi connectivity index (χ3n) is 8.13. The maximum absolute atomic E-state index is 13.3. The molecule has 2 amide bonds. The van der Waals surface area contributed by atoms with E-state index in [1.54, 1.807) is 35.2 Å². The first-order valence-corrected chi connectivity index (χ1v) is 16.3. The van der Waals surface area contributed by atoms with Crippen LogP contribution in [0.15, 0.2) is 47.4 Å². The van der Waals surface area contributed by atoms with E-state index in [1.807, 2.05) is 27.7 Å². The number of ether oxygens (including phenoxy) is 1. The topological polar surface area (TPSA) is 133 Å². The van der Waals surface area contributed by atoms with Crippen LogP contribution in [0.3, 0.4) is 0 Å². The Morgan fingerprint density at radius 2 is 1.77 bits per heavy atom. The van der Waals surface area contributed by atoms with E-state index in [0.717, 1.165) is 18.4 Å². The van der Waals surface area contributed by atoms with Gasteiger partial charge in [0.2, 0.25) is 15.9 Å². The quantitative estimate of drug-likeness (QED) is 0.323. The molecule has 5 rings (SSSR count). The summed E-state index contributed by atoms with van der Waals surface area (Å²) in [6, 6.07) is 10.0. The summed E-state index contributed by atoms with van der Waals surface area (Å²) in [4.78, 5) is 35.3. The van der Waals surface area contributed by atoms with E-state index >= 15 is 0 Å². The summed E-state index contributed by atoms with van der Waals surface area (Å²) in [5.74, 6) is -0.0114. The molecule has 3 aromatic rings. The van der Waals surface area contributed by atoms with Crippen LogP contribution in [0.2, 0.25) is 0 Å². The number of sulfonamides is 1. The van der Waals surface area contributed by atoms with Crippen LogP contribution in [0.1, 0.15) is 89.7 Å². The Bertz CT molecular complexity index is 1580. The molecule has 3 N–H and O–H groups in total. The molecule has 1 aliphatic carbocycles. The fourth-order valence-electron chi connectivity index (χ4n) is 5.85. The molecule has 1 saturated heterocycles. The molecular weight excluding hydrogens is 573 g/mol. The van der Waals surface area contributed by atoms with Gasteiger partial charge in [-0.25, -0.2) is 27.3 Å². The second-order valence-electron chi connectivity index (χ2n) is 12.6. The molecule has 43 heavy (non-hydrogen) atoms. The molecule has 0 bridgehead atoms. The number of rotatable bonds is 7. The molecule has 0 spiro atoms. The molecule has 10 nitrogen and oxygen atoms in total. The van der Waals surface area contributed by atoms with Gasteiger partial charge in [0.15, 0.2) is 0 Å². The van der Waals surface area contributed by atoms with Gasteiger partial charge in [0, 0.05) is 18.5 Å². The van der Waals surface area contributed by atoms with Crippen LogP contribution in [0, 0.1) is 11.7 Å². The number of aromatic amines is 1. The Balaban J connectivity index is 1.19. The maximum Gasteiger partial charge on any atom is 0.410 e. The minimum Gasteiger partial charge on any atom is -0.444 e. The zero-order chi connectivity index (χ0) is 30.9. The fraction of sp³-hybridized carbons (Fsp3) is 0.516. The highest BCUT2D eigenvalue weighted by Crippen LogP contribution is 2.33. The van der Waals surface area contributed by atoms with Crippen LogP contribution >= 0.6 is 0 Å². The van der Waals surface area contributed by atoms with Gasteiger partial charge in [-0.3, -0.25) is 9.69 Å². The lowest BCUT2D eigenvalue weighted by Gasteiger charge is -2.29. The first kappa shape index (κ1) is 30.9. The van der Waals surface area contributed by atoms with Crippen LogP contribution in [-0.2, 0) is 19.6 Å². The number of benzene rings is 2. The average molecular weight is 614 g/mol. The number of carbonyl (C=O) groups excluding carboxylic acids is 2. The number of hydrogen-bond acceptors (Lipinski definition) is 6. The van der Waals surface area contributed by atoms with Crippen molar-refractivity contribution in [2.45, 2.75) is 94.8 Å². The number of aromatic nitrogens is 2. The third-order valence-corrected chi connectivity index (χ3v) is 9.65. The van der Waals surface area contributed by atoms with Gasteiger partial charge in [-0.1, -0.05) is 12.1 Å². The number of H-pyrrole nitrogens is 1. The zero-order valence-corrected chi connectivity index (χ0v) is 25.8. The second-order valence-corrected chi connectivity index (χ2v) is 14.3. The molecule has 2 aromatic carbocycles. The summed E-state index contributed by atoms with van der Waals surface area (Å²) in [5.41, 5.74) is 1.40. The molecule has 12 heteroatoms. The first-order valence-electron chi connectivity index (χ1n) is 14.9. The number of nitrogens with one attached hydrogen (secondary N) is 3. The van der Waals surface area contributed by atoms with Gasteiger partial charge in [0.1, 0.15) is 17.2 Å². The van der Waals surface area contributed by atoms with Gasteiger partial charge in [-0.05, 0) is 102 Å². The number of halogens is 1. The Kier molecular flexibility index (Phi) is 8.80. The number of amides is 2. The lowest BCUT2D eigenvalue weighted by atomic mass is 9.85. The summed E-state index contributed by atoms with van der Waals surface area (Å²) in [5, 5.41) is 2.99. The standard InChI is InChI=1S/C31H40FN5O5S/c1-19(20-7-11-22(32)12-8-20)33-29(38)21-9-13-23(14-10-21)36-43(40,41)24-15-16-25-26(18-24)35-28(34-25)27-6-5-17-37(27)30(39)42-31(2,3)4/h7-8,11-12,15-16,18-19,21,23,27,36H,5-6,9-10,13-14,17H2,1-4H3,(H,33,38)(H,34,35). The Labute approximate surface area is 251 Å². The molecule has 1 aliphatic heterocycles. The highest BCUT2D eigenvalue weighted by molar-refractivity contribution is 7.89. The van der Waals surface area contributed by atoms with Crippen LogP contribution in [0.25, 0.3) is 11.0 Å². The monoisotopic (exact) mass is 613 g/mol. The Morgan fingerprint density at radius 3 is 2.44 bits per heavy atom. The zero-order valence-electron chi connectivity index (χ0n) is 25.0. The van der Waals surface area contributed by atoms with Gasteiger partial charge in [-0.15, -0.1) is 0 Å². The Morgan fingerprint density at radius 1 is 1.07 bits per heavy atom. The maximum atomic E-state index is 13.3. The van der Waals surface area contributed by atoms with E-state index in [2.05, 4.69) is 20.0 Å². The van der Waals surface area contributed by atoms with Crippen LogP contribution in [-0.4, -0.2) is 53.5 Å². The lowest BCUT2D eigenvalue weighted by molar-refractivity contribution is -0.126. The van der Waals surface area contributed by atoms with E-state index < -0.39 is 21.7 Å². The number of hydrogen-bond donors (Lipinski definition) is 3. The van der Waals surface area contributed by atoms with Crippen molar-refractivity contribution in [3.8, 4) is 0 Å². The van der Waals surface area contributed by atoms with E-state index in [0.29, 0.717) is 49.1 Å². The average Bonchev–Trinajstić information content (AvgIpc) is 3.59. The predicted molar refractivity (Wildman–Crippen MR) is 160 cm³/mol. The summed E-state index contributed by atoms with van der Waals surface area (Å²) in [7, 11) is -3.82. The van der Waals surface area contributed by atoms with Gasteiger partial charge in [0.05, 0.1) is 28.0 Å². The van der Waals surface area contributed by atoms with E-state index in [-0.39, 0.29) is 40.7 Å². The summed E-state index contributed by atoms with van der Waals surface area (Å²) in [6.45, 7) is 7.91. The number of imidazole rings is 1. The predicted octanol–water partition coefficient (Wildman–Crippen LogP) is 5.49. The number of nitrogens with zero attached hydrogens (tertiary/aromatic N) is 2. The van der Waals surface area contributed by atoms with Gasteiger partial charge in [0.25, 0.3) is 0 Å². The minimum absolute atomic E-state index is 0.0783. The van der Waals surface area contributed by atoms with Crippen molar-refractivity contribution in [3.63, 3.8) is 0 Å².